The number of anilines is 3. The van der Waals surface area contributed by atoms with Crippen LogP contribution in [-0.2, 0) is 20.8 Å². The third-order valence-electron chi connectivity index (χ3n) is 6.22. The molecule has 2 amide bonds. The van der Waals surface area contributed by atoms with Crippen molar-refractivity contribution in [2.45, 2.75) is 12.8 Å². The lowest BCUT2D eigenvalue weighted by molar-refractivity contribution is -0.136. The molecule has 0 spiro atoms. The molecule has 0 atom stereocenters. The molecule has 0 aromatic heterocycles. The number of rotatable bonds is 9. The first-order valence-corrected chi connectivity index (χ1v) is 12.1. The molecule has 8 nitrogen and oxygen atoms in total. The lowest BCUT2D eigenvalue weighted by Crippen LogP contribution is -2.29. The lowest BCUT2D eigenvalue weighted by atomic mass is 9.98. The quantitative estimate of drug-likeness (QED) is 0.367. The summed E-state index contributed by atoms with van der Waals surface area (Å²) in [7, 11) is 5.55. The number of nitrogens with zero attached hydrogens (tertiary/aromatic N) is 2. The van der Waals surface area contributed by atoms with Crippen molar-refractivity contribution >= 4 is 46.1 Å². The molecule has 196 valence electrons. The third kappa shape index (κ3) is 6.07. The highest BCUT2D eigenvalue weighted by atomic mass is 19.1. The maximum atomic E-state index is 13.8. The summed E-state index contributed by atoms with van der Waals surface area (Å²) < 4.78 is 13.8. The van der Waals surface area contributed by atoms with E-state index in [1.807, 2.05) is 19.0 Å². The zero-order chi connectivity index (χ0) is 27.4. The fourth-order valence-electron chi connectivity index (χ4n) is 4.23. The Kier molecular flexibility index (Phi) is 7.87. The molecule has 0 saturated heterocycles. The molecule has 4 rings (SSSR count). The van der Waals surface area contributed by atoms with Crippen molar-refractivity contribution in [1.82, 2.24) is 4.90 Å². The summed E-state index contributed by atoms with van der Waals surface area (Å²) in [6.07, 6.45) is 0.217. The van der Waals surface area contributed by atoms with Gasteiger partial charge in [0.05, 0.1) is 23.4 Å². The van der Waals surface area contributed by atoms with Crippen molar-refractivity contribution in [1.29, 1.82) is 0 Å². The Morgan fingerprint density at radius 2 is 1.74 bits per heavy atom. The molecule has 1 aliphatic heterocycles. The van der Waals surface area contributed by atoms with Gasteiger partial charge in [-0.15, -0.1) is 0 Å². The highest BCUT2D eigenvalue weighted by Crippen LogP contribution is 2.38. The molecular formula is C29H29FN4O4. The topological polar surface area (TPSA) is 102 Å². The minimum absolute atomic E-state index is 0.0103. The van der Waals surface area contributed by atoms with Crippen LogP contribution in [-0.4, -0.2) is 55.5 Å². The van der Waals surface area contributed by atoms with Crippen LogP contribution in [0.4, 0.5) is 21.5 Å². The van der Waals surface area contributed by atoms with Gasteiger partial charge in [-0.2, -0.15) is 0 Å². The summed E-state index contributed by atoms with van der Waals surface area (Å²) in [5.41, 5.74) is 4.20. The van der Waals surface area contributed by atoms with E-state index in [2.05, 4.69) is 10.6 Å². The smallest absolute Gasteiger partial charge is 0.307 e. The molecule has 3 aromatic carbocycles. The molecule has 1 heterocycles. The van der Waals surface area contributed by atoms with E-state index in [0.29, 0.717) is 52.3 Å². The highest BCUT2D eigenvalue weighted by Gasteiger charge is 2.29. The van der Waals surface area contributed by atoms with E-state index in [0.717, 1.165) is 5.69 Å². The third-order valence-corrected chi connectivity index (χ3v) is 6.22. The van der Waals surface area contributed by atoms with Crippen molar-refractivity contribution in [3.05, 3.63) is 89.2 Å². The zero-order valence-corrected chi connectivity index (χ0v) is 21.4. The molecule has 0 fully saturated rings. The molecule has 0 saturated carbocycles. The summed E-state index contributed by atoms with van der Waals surface area (Å²) in [6, 6.07) is 18.2. The number of benzene rings is 3. The number of fused-ring (bicyclic) bond motifs is 1. The fraction of sp³-hybridized carbons (Fsp3) is 0.207. The number of carbonyl (C=O) groups excluding carboxylic acids is 2. The molecule has 0 aliphatic carbocycles. The Hall–Kier alpha value is -4.50. The minimum atomic E-state index is -0.969. The van der Waals surface area contributed by atoms with Gasteiger partial charge in [-0.25, -0.2) is 4.39 Å². The molecule has 0 unspecified atom stereocenters. The second kappa shape index (κ2) is 11.3. The largest absolute Gasteiger partial charge is 0.481 e. The number of halogens is 1. The van der Waals surface area contributed by atoms with E-state index in [9.17, 15) is 23.9 Å². The van der Waals surface area contributed by atoms with Crippen LogP contribution in [0.25, 0.3) is 11.3 Å². The molecule has 38 heavy (non-hydrogen) atoms. The number of hydrogen-bond acceptors (Lipinski definition) is 5. The van der Waals surface area contributed by atoms with Crippen LogP contribution in [0.15, 0.2) is 66.7 Å². The Morgan fingerprint density at radius 3 is 2.42 bits per heavy atom. The zero-order valence-electron chi connectivity index (χ0n) is 21.4. The summed E-state index contributed by atoms with van der Waals surface area (Å²) in [6.45, 7) is 0.647. The number of carboxylic acids is 1. The molecule has 1 aliphatic rings. The first-order valence-electron chi connectivity index (χ1n) is 12.1. The number of nitrogens with one attached hydrogen (secondary N) is 2. The average Bonchev–Trinajstić information content (AvgIpc) is 3.19. The second-order valence-electron chi connectivity index (χ2n) is 9.34. The standard InChI is InChI=1S/C29H29FN4O4/c1-33(2)14-13-25(35)34(3)22-10-8-21(9-11-22)31-28(19-6-4-5-18(15-19)16-26(36)37)27-23-12-7-20(30)17-24(23)32-29(27)38/h4-12,15,17,31H,13-14,16H2,1-3H3,(H,32,38)(H,36,37). The van der Waals surface area contributed by atoms with Gasteiger partial charge in [0.15, 0.2) is 0 Å². The minimum Gasteiger partial charge on any atom is -0.481 e. The average molecular weight is 517 g/mol. The predicted molar refractivity (Wildman–Crippen MR) is 146 cm³/mol. The molecular weight excluding hydrogens is 487 g/mol. The van der Waals surface area contributed by atoms with Gasteiger partial charge in [-0.3, -0.25) is 14.4 Å². The van der Waals surface area contributed by atoms with Crippen LogP contribution < -0.4 is 15.5 Å². The van der Waals surface area contributed by atoms with Crippen LogP contribution >= 0.6 is 0 Å². The summed E-state index contributed by atoms with van der Waals surface area (Å²) in [4.78, 5) is 40.4. The molecule has 0 bridgehead atoms. The van der Waals surface area contributed by atoms with E-state index in [4.69, 9.17) is 0 Å². The van der Waals surface area contributed by atoms with Gasteiger partial charge in [-0.05, 0) is 73.8 Å². The predicted octanol–water partition coefficient (Wildman–Crippen LogP) is 4.30. The van der Waals surface area contributed by atoms with Crippen molar-refractivity contribution in [2.75, 3.05) is 43.2 Å². The number of carboxylic acid groups (broad SMARTS) is 1. The Morgan fingerprint density at radius 1 is 1.00 bits per heavy atom. The van der Waals surface area contributed by atoms with E-state index in [-0.39, 0.29) is 12.3 Å². The first-order chi connectivity index (χ1) is 18.1. The molecule has 9 heteroatoms. The van der Waals surface area contributed by atoms with Crippen LogP contribution in [0, 0.1) is 5.82 Å². The first kappa shape index (κ1) is 26.6. The normalized spacial score (nSPS) is 13.7. The Labute approximate surface area is 220 Å². The van der Waals surface area contributed by atoms with Crippen molar-refractivity contribution in [3.63, 3.8) is 0 Å². The van der Waals surface area contributed by atoms with Gasteiger partial charge in [0.2, 0.25) is 5.91 Å². The van der Waals surface area contributed by atoms with Gasteiger partial charge < -0.3 is 25.5 Å². The molecule has 0 radical (unpaired) electrons. The maximum Gasteiger partial charge on any atom is 0.307 e. The van der Waals surface area contributed by atoms with Gasteiger partial charge in [0.1, 0.15) is 5.82 Å². The number of hydrogen-bond donors (Lipinski definition) is 3. The Balaban J connectivity index is 1.71. The second-order valence-corrected chi connectivity index (χ2v) is 9.34. The van der Waals surface area contributed by atoms with Gasteiger partial charge in [0.25, 0.3) is 5.91 Å². The van der Waals surface area contributed by atoms with E-state index >= 15 is 0 Å². The van der Waals surface area contributed by atoms with Gasteiger partial charge in [-0.1, -0.05) is 18.2 Å². The lowest BCUT2D eigenvalue weighted by Gasteiger charge is -2.20. The van der Waals surface area contributed by atoms with Crippen molar-refractivity contribution in [2.24, 2.45) is 0 Å². The van der Waals surface area contributed by atoms with Crippen LogP contribution in [0.2, 0.25) is 0 Å². The van der Waals surface area contributed by atoms with Crippen LogP contribution in [0.3, 0.4) is 0 Å². The van der Waals surface area contributed by atoms with Crippen LogP contribution in [0.5, 0.6) is 0 Å². The van der Waals surface area contributed by atoms with Gasteiger partial charge >= 0.3 is 5.97 Å². The monoisotopic (exact) mass is 516 g/mol. The highest BCUT2D eigenvalue weighted by molar-refractivity contribution is 6.37. The fourth-order valence-corrected chi connectivity index (χ4v) is 4.23. The molecule has 3 N–H and O–H groups in total. The van der Waals surface area contributed by atoms with Crippen molar-refractivity contribution < 1.29 is 23.9 Å². The Bertz CT molecular complexity index is 1420. The summed E-state index contributed by atoms with van der Waals surface area (Å²) >= 11 is 0. The van der Waals surface area contributed by atoms with Gasteiger partial charge in [0, 0.05) is 37.0 Å². The number of aliphatic carboxylic acids is 1. The van der Waals surface area contributed by atoms with E-state index in [1.165, 1.54) is 18.2 Å². The maximum absolute atomic E-state index is 13.8. The number of carbonyl (C=O) groups is 3. The van der Waals surface area contributed by atoms with E-state index < -0.39 is 17.7 Å². The van der Waals surface area contributed by atoms with Crippen LogP contribution in [0.1, 0.15) is 23.1 Å². The number of amides is 2. The summed E-state index contributed by atoms with van der Waals surface area (Å²) in [5, 5.41) is 15.3. The SMILES string of the molecule is CN(C)CCC(=O)N(C)c1ccc(NC(=C2C(=O)Nc3cc(F)ccc32)c2cccc(CC(=O)O)c2)cc1. The molecule has 3 aromatic rings. The summed E-state index contributed by atoms with van der Waals surface area (Å²) in [5.74, 6) is -1.85. The van der Waals surface area contributed by atoms with Crippen molar-refractivity contribution in [3.8, 4) is 0 Å². The van der Waals surface area contributed by atoms with E-state index in [1.54, 1.807) is 60.5 Å².